The number of aromatic nitrogens is 5. The van der Waals surface area contributed by atoms with Gasteiger partial charge in [-0.25, -0.2) is 13.2 Å². The third kappa shape index (κ3) is 3.54. The van der Waals surface area contributed by atoms with Gasteiger partial charge in [-0.15, -0.1) is 10.2 Å². The minimum Gasteiger partial charge on any atom is -0.355 e. The van der Waals surface area contributed by atoms with E-state index in [-0.39, 0.29) is 33.4 Å². The van der Waals surface area contributed by atoms with Gasteiger partial charge >= 0.3 is 5.92 Å². The van der Waals surface area contributed by atoms with E-state index < -0.39 is 40.7 Å². The predicted octanol–water partition coefficient (Wildman–Crippen LogP) is 4.26. The highest BCUT2D eigenvalue weighted by Gasteiger charge is 2.45. The van der Waals surface area contributed by atoms with Crippen LogP contribution in [0.25, 0.3) is 27.8 Å². The molecule has 1 amide bonds. The highest BCUT2D eigenvalue weighted by atomic mass is 19.3. The summed E-state index contributed by atoms with van der Waals surface area (Å²) in [6.07, 6.45) is 1.28. The zero-order valence-electron chi connectivity index (χ0n) is 17.7. The molecule has 0 spiro atoms. The summed E-state index contributed by atoms with van der Waals surface area (Å²) in [5.74, 6) is -9.92. The van der Waals surface area contributed by atoms with Gasteiger partial charge in [-0.05, 0) is 36.4 Å². The number of pyridine rings is 1. The van der Waals surface area contributed by atoms with Crippen LogP contribution in [0.4, 0.5) is 22.0 Å². The lowest BCUT2D eigenvalue weighted by molar-refractivity contribution is 0.0232. The van der Waals surface area contributed by atoms with Gasteiger partial charge in [0.25, 0.3) is 5.91 Å². The van der Waals surface area contributed by atoms with Gasteiger partial charge in [0, 0.05) is 30.3 Å². The number of halogens is 5. The molecule has 0 saturated heterocycles. The molecular weight excluding hydrogens is 471 g/mol. The molecule has 3 aromatic heterocycles. The highest BCUT2D eigenvalue weighted by Crippen LogP contribution is 2.39. The van der Waals surface area contributed by atoms with Crippen LogP contribution in [0.1, 0.15) is 21.7 Å². The van der Waals surface area contributed by atoms with Crippen LogP contribution in [0, 0.1) is 17.5 Å². The van der Waals surface area contributed by atoms with E-state index in [2.05, 4.69) is 25.6 Å². The summed E-state index contributed by atoms with van der Waals surface area (Å²) in [6, 6.07) is 9.51. The second-order valence-electron chi connectivity index (χ2n) is 7.48. The predicted molar refractivity (Wildman–Crippen MR) is 114 cm³/mol. The zero-order chi connectivity index (χ0) is 24.9. The Labute approximate surface area is 193 Å². The maximum Gasteiger partial charge on any atom is 0.339 e. The zero-order valence-corrected chi connectivity index (χ0v) is 17.7. The monoisotopic (exact) mass is 484 g/mol. The third-order valence-electron chi connectivity index (χ3n) is 5.39. The van der Waals surface area contributed by atoms with Crippen molar-refractivity contribution in [2.75, 3.05) is 7.05 Å². The number of rotatable bonds is 4. The maximum atomic E-state index is 15.5. The molecule has 0 atom stereocenters. The van der Waals surface area contributed by atoms with E-state index in [1.54, 1.807) is 0 Å². The summed E-state index contributed by atoms with van der Waals surface area (Å²) >= 11 is 0. The molecule has 0 saturated carbocycles. The first kappa shape index (κ1) is 22.3. The smallest absolute Gasteiger partial charge is 0.339 e. The van der Waals surface area contributed by atoms with Crippen LogP contribution in [0.15, 0.2) is 54.7 Å². The molecule has 7 nitrogen and oxygen atoms in total. The number of carbonyl (C=O) groups is 1. The van der Waals surface area contributed by atoms with Gasteiger partial charge in [0.15, 0.2) is 5.65 Å². The number of carbonyl (C=O) groups excluding carboxylic acids is 1. The standard InChI is InChI=1S/C23H13F5N6O/c1-29-21(35)12-5-4-11(9-14(12)24)16-6-7-18-31-32-22(34(18)33-16)23(27,28)19-15(25)10-17-13(20(19)26)3-2-8-30-17/h2-10H,1H3,(H,29,35). The number of benzene rings is 2. The van der Waals surface area contributed by atoms with E-state index in [1.165, 1.54) is 49.6 Å². The lowest BCUT2D eigenvalue weighted by Gasteiger charge is -2.17. The van der Waals surface area contributed by atoms with Crippen LogP contribution in [0.2, 0.25) is 0 Å². The lowest BCUT2D eigenvalue weighted by Crippen LogP contribution is -2.24. The molecular formula is C23H13F5N6O. The number of nitrogens with zero attached hydrogens (tertiary/aromatic N) is 5. The first-order chi connectivity index (χ1) is 16.7. The Balaban J connectivity index is 1.65. The molecule has 0 unspecified atom stereocenters. The van der Waals surface area contributed by atoms with Crippen molar-refractivity contribution in [2.45, 2.75) is 5.92 Å². The lowest BCUT2D eigenvalue weighted by atomic mass is 10.0. The molecule has 1 N–H and O–H groups in total. The van der Waals surface area contributed by atoms with Gasteiger partial charge in [0.2, 0.25) is 5.82 Å². The van der Waals surface area contributed by atoms with Crippen molar-refractivity contribution in [2.24, 2.45) is 0 Å². The van der Waals surface area contributed by atoms with Crippen molar-refractivity contribution in [1.29, 1.82) is 0 Å². The van der Waals surface area contributed by atoms with E-state index in [1.807, 2.05) is 0 Å². The molecule has 5 aromatic rings. The van der Waals surface area contributed by atoms with Crippen molar-refractivity contribution in [3.8, 4) is 11.3 Å². The number of nitrogens with one attached hydrogen (secondary N) is 1. The molecule has 12 heteroatoms. The van der Waals surface area contributed by atoms with Gasteiger partial charge in [-0.1, -0.05) is 6.07 Å². The number of hydrogen-bond donors (Lipinski definition) is 1. The van der Waals surface area contributed by atoms with Gasteiger partial charge in [0.05, 0.1) is 16.8 Å². The van der Waals surface area contributed by atoms with Gasteiger partial charge in [-0.3, -0.25) is 9.78 Å². The Hall–Kier alpha value is -4.48. The van der Waals surface area contributed by atoms with E-state index in [0.29, 0.717) is 10.6 Å². The average Bonchev–Trinajstić information content (AvgIpc) is 3.27. The molecule has 3 heterocycles. The van der Waals surface area contributed by atoms with Gasteiger partial charge in [0.1, 0.15) is 23.0 Å². The molecule has 0 aliphatic heterocycles. The second-order valence-corrected chi connectivity index (χ2v) is 7.48. The van der Waals surface area contributed by atoms with E-state index in [9.17, 15) is 13.6 Å². The van der Waals surface area contributed by atoms with E-state index in [0.717, 1.165) is 6.07 Å². The van der Waals surface area contributed by atoms with Crippen LogP contribution in [-0.4, -0.2) is 37.8 Å². The van der Waals surface area contributed by atoms with E-state index in [4.69, 9.17) is 0 Å². The number of hydrogen-bond acceptors (Lipinski definition) is 5. The first-order valence-electron chi connectivity index (χ1n) is 10.1. The van der Waals surface area contributed by atoms with Crippen molar-refractivity contribution >= 4 is 22.5 Å². The molecule has 35 heavy (non-hydrogen) atoms. The van der Waals surface area contributed by atoms with Crippen molar-refractivity contribution in [1.82, 2.24) is 30.1 Å². The maximum absolute atomic E-state index is 15.5. The Kier molecular flexibility index (Phi) is 5.15. The summed E-state index contributed by atoms with van der Waals surface area (Å²) < 4.78 is 75.8. The van der Waals surface area contributed by atoms with Crippen molar-refractivity contribution < 1.29 is 26.7 Å². The summed E-state index contributed by atoms with van der Waals surface area (Å²) in [6.45, 7) is 0. The molecule has 176 valence electrons. The molecule has 0 aliphatic carbocycles. The Bertz CT molecular complexity index is 1630. The van der Waals surface area contributed by atoms with Gasteiger partial charge < -0.3 is 5.32 Å². The fourth-order valence-electron chi connectivity index (χ4n) is 3.68. The Morgan fingerprint density at radius 3 is 2.54 bits per heavy atom. The topological polar surface area (TPSA) is 85.1 Å². The minimum absolute atomic E-state index is 0.0281. The fourth-order valence-corrected chi connectivity index (χ4v) is 3.68. The first-order valence-corrected chi connectivity index (χ1v) is 10.1. The average molecular weight is 484 g/mol. The largest absolute Gasteiger partial charge is 0.355 e. The molecule has 0 bridgehead atoms. The summed E-state index contributed by atoms with van der Waals surface area (Å²) in [7, 11) is 1.34. The normalized spacial score (nSPS) is 11.8. The van der Waals surface area contributed by atoms with Crippen molar-refractivity contribution in [3.63, 3.8) is 0 Å². The van der Waals surface area contributed by atoms with Crippen LogP contribution < -0.4 is 5.32 Å². The third-order valence-corrected chi connectivity index (χ3v) is 5.39. The summed E-state index contributed by atoms with van der Waals surface area (Å²) in [5, 5.41) is 13.1. The molecule has 5 rings (SSSR count). The Morgan fingerprint density at radius 1 is 1.00 bits per heavy atom. The van der Waals surface area contributed by atoms with Crippen LogP contribution in [0.5, 0.6) is 0 Å². The van der Waals surface area contributed by atoms with Crippen LogP contribution >= 0.6 is 0 Å². The summed E-state index contributed by atoms with van der Waals surface area (Å²) in [5.41, 5.74) is -1.81. The number of fused-ring (bicyclic) bond motifs is 2. The van der Waals surface area contributed by atoms with E-state index >= 15 is 13.2 Å². The molecule has 2 aromatic carbocycles. The van der Waals surface area contributed by atoms with Crippen molar-refractivity contribution in [3.05, 3.63) is 89.1 Å². The number of alkyl halides is 2. The fraction of sp³-hybridized carbons (Fsp3) is 0.0870. The van der Waals surface area contributed by atoms with Gasteiger partial charge in [-0.2, -0.15) is 18.4 Å². The minimum atomic E-state index is -4.28. The summed E-state index contributed by atoms with van der Waals surface area (Å²) in [4.78, 5) is 15.5. The molecule has 0 fully saturated rings. The van der Waals surface area contributed by atoms with Crippen LogP contribution in [-0.2, 0) is 5.92 Å². The highest BCUT2D eigenvalue weighted by molar-refractivity contribution is 5.94. The van der Waals surface area contributed by atoms with Crippen LogP contribution in [0.3, 0.4) is 0 Å². The SMILES string of the molecule is CNC(=O)c1ccc(-c2ccc3nnc(C(F)(F)c4c(F)cc5ncccc5c4F)n3n2)cc1F. The Morgan fingerprint density at radius 2 is 1.80 bits per heavy atom. The number of amides is 1. The second kappa shape index (κ2) is 8.08. The molecule has 0 aliphatic rings. The molecule has 0 radical (unpaired) electrons. The quantitative estimate of drug-likeness (QED) is 0.386.